The monoisotopic (exact) mass is 401 g/mol. The highest BCUT2D eigenvalue weighted by Crippen LogP contribution is 2.38. The number of fused-ring (bicyclic) bond motifs is 1. The highest BCUT2D eigenvalue weighted by molar-refractivity contribution is 7.21. The lowest BCUT2D eigenvalue weighted by molar-refractivity contribution is 0.100. The maximum Gasteiger partial charge on any atom is 0.260 e. The molecule has 6 nitrogen and oxygen atoms in total. The molecule has 0 spiro atoms. The highest BCUT2D eigenvalue weighted by atomic mass is 35.5. The number of carbonyl (C=O) groups excluding carboxylic acids is 1. The normalized spacial score (nSPS) is 15.1. The number of primary amides is 1. The first-order valence-electron chi connectivity index (χ1n) is 8.77. The lowest BCUT2D eigenvalue weighted by Crippen LogP contribution is -2.30. The molecule has 0 bridgehead atoms. The van der Waals surface area contributed by atoms with Gasteiger partial charge < -0.3 is 21.3 Å². The van der Waals surface area contributed by atoms with E-state index in [1.807, 2.05) is 24.3 Å². The number of nitrogens with two attached hydrogens (primary N) is 2. The van der Waals surface area contributed by atoms with E-state index in [2.05, 4.69) is 20.9 Å². The minimum atomic E-state index is -0.510. The number of rotatable bonds is 3. The van der Waals surface area contributed by atoms with Crippen molar-refractivity contribution in [1.82, 2.24) is 4.98 Å². The smallest absolute Gasteiger partial charge is 0.260 e. The standard InChI is InChI=1S/C19H20ClN5OS/c20-12-3-1-4-13(11-12)24-7-2-8-25(10-9-24)14-5-6-23-19-15(14)16(21)17(27-19)18(22)26/h1,3-6,11H,2,7-10,21H2,(H2,22,26). The Balaban J connectivity index is 1.64. The van der Waals surface area contributed by atoms with E-state index in [0.29, 0.717) is 10.6 Å². The van der Waals surface area contributed by atoms with Crippen LogP contribution < -0.4 is 21.3 Å². The fourth-order valence-corrected chi connectivity index (χ4v) is 4.69. The van der Waals surface area contributed by atoms with Gasteiger partial charge in [0.05, 0.1) is 16.8 Å². The summed E-state index contributed by atoms with van der Waals surface area (Å²) >= 11 is 7.40. The summed E-state index contributed by atoms with van der Waals surface area (Å²) in [6, 6.07) is 9.91. The quantitative estimate of drug-likeness (QED) is 0.702. The number of pyridine rings is 1. The van der Waals surface area contributed by atoms with Gasteiger partial charge in [-0.3, -0.25) is 4.79 Å². The number of amides is 1. The Labute approximate surface area is 166 Å². The number of hydrogen-bond acceptors (Lipinski definition) is 6. The van der Waals surface area contributed by atoms with Gasteiger partial charge in [0.15, 0.2) is 0 Å². The fourth-order valence-electron chi connectivity index (χ4n) is 3.56. The van der Waals surface area contributed by atoms with Crippen LogP contribution in [0, 0.1) is 0 Å². The topological polar surface area (TPSA) is 88.5 Å². The molecule has 1 saturated heterocycles. The van der Waals surface area contributed by atoms with Gasteiger partial charge in [0.25, 0.3) is 5.91 Å². The molecule has 27 heavy (non-hydrogen) atoms. The Bertz CT molecular complexity index is 1000. The molecule has 1 aliphatic rings. The first-order chi connectivity index (χ1) is 13.0. The first-order valence-corrected chi connectivity index (χ1v) is 9.96. The van der Waals surface area contributed by atoms with Crippen LogP contribution in [0.15, 0.2) is 36.5 Å². The minimum Gasteiger partial charge on any atom is -0.397 e. The summed E-state index contributed by atoms with van der Waals surface area (Å²) in [5.74, 6) is -0.510. The zero-order valence-electron chi connectivity index (χ0n) is 14.7. The SMILES string of the molecule is NC(=O)c1sc2nccc(N3CCCN(c4cccc(Cl)c4)CC3)c2c1N. The zero-order valence-corrected chi connectivity index (χ0v) is 16.3. The van der Waals surface area contributed by atoms with E-state index in [1.165, 1.54) is 11.3 Å². The van der Waals surface area contributed by atoms with Crippen molar-refractivity contribution < 1.29 is 4.79 Å². The summed E-state index contributed by atoms with van der Waals surface area (Å²) in [4.78, 5) is 21.8. The third-order valence-electron chi connectivity index (χ3n) is 4.84. The Hall–Kier alpha value is -2.51. The van der Waals surface area contributed by atoms with Gasteiger partial charge in [0.1, 0.15) is 9.71 Å². The molecule has 0 saturated carbocycles. The Morgan fingerprint density at radius 3 is 2.70 bits per heavy atom. The van der Waals surface area contributed by atoms with Crippen molar-refractivity contribution in [3.8, 4) is 0 Å². The van der Waals surface area contributed by atoms with Gasteiger partial charge in [-0.25, -0.2) is 4.98 Å². The second-order valence-electron chi connectivity index (χ2n) is 6.53. The molecule has 3 heterocycles. The van der Waals surface area contributed by atoms with E-state index in [0.717, 1.165) is 59.2 Å². The molecule has 0 atom stereocenters. The second-order valence-corrected chi connectivity index (χ2v) is 7.96. The van der Waals surface area contributed by atoms with E-state index in [9.17, 15) is 4.79 Å². The van der Waals surface area contributed by atoms with Gasteiger partial charge in [0, 0.05) is 43.1 Å². The van der Waals surface area contributed by atoms with Crippen molar-refractivity contribution in [1.29, 1.82) is 0 Å². The Morgan fingerprint density at radius 2 is 1.93 bits per heavy atom. The Kier molecular flexibility index (Phi) is 4.80. The maximum absolute atomic E-state index is 11.7. The van der Waals surface area contributed by atoms with Gasteiger partial charge in [-0.05, 0) is 30.7 Å². The van der Waals surface area contributed by atoms with Gasteiger partial charge in [-0.15, -0.1) is 11.3 Å². The van der Waals surface area contributed by atoms with E-state index in [4.69, 9.17) is 23.1 Å². The predicted octanol–water partition coefficient (Wildman–Crippen LogP) is 3.35. The number of hydrogen-bond donors (Lipinski definition) is 2. The van der Waals surface area contributed by atoms with E-state index >= 15 is 0 Å². The van der Waals surface area contributed by atoms with Gasteiger partial charge in [-0.2, -0.15) is 0 Å². The van der Waals surface area contributed by atoms with E-state index < -0.39 is 5.91 Å². The molecule has 4 N–H and O–H groups in total. The van der Waals surface area contributed by atoms with Crippen LogP contribution in [0.5, 0.6) is 0 Å². The molecular formula is C19H20ClN5OS. The molecule has 1 amide bonds. The molecular weight excluding hydrogens is 382 g/mol. The van der Waals surface area contributed by atoms with Crippen LogP contribution in [0.25, 0.3) is 10.2 Å². The average Bonchev–Trinajstić information content (AvgIpc) is 2.84. The summed E-state index contributed by atoms with van der Waals surface area (Å²) in [5.41, 5.74) is 14.3. The zero-order chi connectivity index (χ0) is 19.0. The van der Waals surface area contributed by atoms with Crippen molar-refractivity contribution in [2.75, 3.05) is 41.7 Å². The molecule has 1 aliphatic heterocycles. The van der Waals surface area contributed by atoms with Crippen molar-refractivity contribution in [3.63, 3.8) is 0 Å². The fraction of sp³-hybridized carbons (Fsp3) is 0.263. The van der Waals surface area contributed by atoms with Crippen LogP contribution >= 0.6 is 22.9 Å². The van der Waals surface area contributed by atoms with Crippen molar-refractivity contribution in [2.24, 2.45) is 5.73 Å². The van der Waals surface area contributed by atoms with Gasteiger partial charge >= 0.3 is 0 Å². The molecule has 4 rings (SSSR count). The van der Waals surface area contributed by atoms with E-state index in [-0.39, 0.29) is 0 Å². The molecule has 0 radical (unpaired) electrons. The molecule has 0 unspecified atom stereocenters. The van der Waals surface area contributed by atoms with Crippen LogP contribution in [-0.4, -0.2) is 37.1 Å². The minimum absolute atomic E-state index is 0.375. The largest absolute Gasteiger partial charge is 0.397 e. The molecule has 2 aromatic heterocycles. The van der Waals surface area contributed by atoms with Gasteiger partial charge in [0.2, 0.25) is 0 Å². The summed E-state index contributed by atoms with van der Waals surface area (Å²) in [7, 11) is 0. The summed E-state index contributed by atoms with van der Waals surface area (Å²) in [5, 5.41) is 1.57. The summed E-state index contributed by atoms with van der Waals surface area (Å²) in [6.45, 7) is 3.57. The van der Waals surface area contributed by atoms with Crippen LogP contribution in [0.2, 0.25) is 5.02 Å². The Morgan fingerprint density at radius 1 is 1.15 bits per heavy atom. The lowest BCUT2D eigenvalue weighted by Gasteiger charge is -2.25. The molecule has 140 valence electrons. The number of anilines is 3. The highest BCUT2D eigenvalue weighted by Gasteiger charge is 2.22. The molecule has 0 aliphatic carbocycles. The van der Waals surface area contributed by atoms with Crippen LogP contribution in [0.3, 0.4) is 0 Å². The molecule has 1 fully saturated rings. The number of benzene rings is 1. The van der Waals surface area contributed by atoms with E-state index in [1.54, 1.807) is 6.20 Å². The number of nitrogens with zero attached hydrogens (tertiary/aromatic N) is 3. The summed E-state index contributed by atoms with van der Waals surface area (Å²) in [6.07, 6.45) is 2.76. The van der Waals surface area contributed by atoms with Gasteiger partial charge in [-0.1, -0.05) is 17.7 Å². The number of thiophene rings is 1. The first kappa shape index (κ1) is 17.9. The number of nitrogen functional groups attached to an aromatic ring is 1. The maximum atomic E-state index is 11.7. The van der Waals surface area contributed by atoms with Crippen LogP contribution in [0.1, 0.15) is 16.1 Å². The number of halogens is 1. The lowest BCUT2D eigenvalue weighted by atomic mass is 10.2. The average molecular weight is 402 g/mol. The molecule has 8 heteroatoms. The number of carbonyl (C=O) groups is 1. The van der Waals surface area contributed by atoms with Crippen LogP contribution in [0.4, 0.5) is 17.1 Å². The predicted molar refractivity (Wildman–Crippen MR) is 113 cm³/mol. The van der Waals surface area contributed by atoms with Crippen molar-refractivity contribution >= 4 is 56.1 Å². The number of aromatic nitrogens is 1. The third kappa shape index (κ3) is 3.40. The van der Waals surface area contributed by atoms with Crippen molar-refractivity contribution in [2.45, 2.75) is 6.42 Å². The summed E-state index contributed by atoms with van der Waals surface area (Å²) < 4.78 is 0. The van der Waals surface area contributed by atoms with Crippen molar-refractivity contribution in [3.05, 3.63) is 46.4 Å². The second kappa shape index (κ2) is 7.25. The van der Waals surface area contributed by atoms with Crippen LogP contribution in [-0.2, 0) is 0 Å². The molecule has 1 aromatic carbocycles. The third-order valence-corrected chi connectivity index (χ3v) is 6.20. The molecule has 3 aromatic rings.